The number of likely N-dealkylation sites (tertiary alicyclic amines) is 1. The van der Waals surface area contributed by atoms with Crippen LogP contribution in [0.15, 0.2) is 24.3 Å². The zero-order valence-electron chi connectivity index (χ0n) is 13.2. The van der Waals surface area contributed by atoms with Crippen LogP contribution in [0.2, 0.25) is 0 Å². The Morgan fingerprint density at radius 3 is 2.86 bits per heavy atom. The largest absolute Gasteiger partial charge is 0.493 e. The molecule has 3 nitrogen and oxygen atoms in total. The second-order valence-corrected chi connectivity index (χ2v) is 6.61. The van der Waals surface area contributed by atoms with E-state index in [0.29, 0.717) is 5.92 Å². The monoisotopic (exact) mass is 288 g/mol. The number of fused-ring (bicyclic) bond motifs is 1. The van der Waals surface area contributed by atoms with E-state index < -0.39 is 0 Å². The molecular formula is C18H28N2O. The van der Waals surface area contributed by atoms with Gasteiger partial charge in [-0.15, -0.1) is 0 Å². The van der Waals surface area contributed by atoms with Gasteiger partial charge in [-0.3, -0.25) is 0 Å². The Morgan fingerprint density at radius 2 is 2.00 bits per heavy atom. The molecule has 0 aliphatic carbocycles. The second kappa shape index (κ2) is 7.28. The number of ether oxygens (including phenoxy) is 1. The minimum Gasteiger partial charge on any atom is -0.493 e. The van der Waals surface area contributed by atoms with Gasteiger partial charge in [-0.25, -0.2) is 0 Å². The summed E-state index contributed by atoms with van der Waals surface area (Å²) < 4.78 is 5.73. The highest BCUT2D eigenvalue weighted by molar-refractivity contribution is 5.37. The van der Waals surface area contributed by atoms with Crippen molar-refractivity contribution >= 4 is 0 Å². The van der Waals surface area contributed by atoms with Crippen LogP contribution in [0.1, 0.15) is 37.2 Å². The Kier molecular flexibility index (Phi) is 5.15. The summed E-state index contributed by atoms with van der Waals surface area (Å²) in [5.41, 5.74) is 1.38. The van der Waals surface area contributed by atoms with Gasteiger partial charge in [0.2, 0.25) is 0 Å². The van der Waals surface area contributed by atoms with Gasteiger partial charge in [0.05, 0.1) is 6.61 Å². The van der Waals surface area contributed by atoms with E-state index in [0.717, 1.165) is 37.8 Å². The molecular weight excluding hydrogens is 260 g/mol. The van der Waals surface area contributed by atoms with Gasteiger partial charge >= 0.3 is 0 Å². The normalized spacial score (nSPS) is 23.6. The highest BCUT2D eigenvalue weighted by atomic mass is 16.5. The molecule has 1 N–H and O–H groups in total. The molecule has 1 aromatic rings. The maximum Gasteiger partial charge on any atom is 0.122 e. The predicted molar refractivity (Wildman–Crippen MR) is 87.0 cm³/mol. The lowest BCUT2D eigenvalue weighted by atomic mass is 9.92. The fourth-order valence-electron chi connectivity index (χ4n) is 3.56. The number of nitrogens with one attached hydrogen (secondary N) is 1. The van der Waals surface area contributed by atoms with E-state index >= 15 is 0 Å². The van der Waals surface area contributed by atoms with Gasteiger partial charge in [0.25, 0.3) is 0 Å². The molecule has 0 aromatic heterocycles. The Hall–Kier alpha value is -1.06. The SMILES string of the molecule is CN1CCC(CCNCC2CCOc3ccccc32)CC1. The van der Waals surface area contributed by atoms with Crippen molar-refractivity contribution in [1.29, 1.82) is 0 Å². The van der Waals surface area contributed by atoms with Gasteiger partial charge in [0.15, 0.2) is 0 Å². The molecule has 1 atom stereocenters. The van der Waals surface area contributed by atoms with Crippen molar-refractivity contribution in [2.45, 2.75) is 31.6 Å². The third-order valence-electron chi connectivity index (χ3n) is 5.04. The number of piperidine rings is 1. The Labute approximate surface area is 128 Å². The average molecular weight is 288 g/mol. The number of hydrogen-bond donors (Lipinski definition) is 1. The quantitative estimate of drug-likeness (QED) is 0.843. The van der Waals surface area contributed by atoms with Crippen molar-refractivity contribution in [3.63, 3.8) is 0 Å². The molecule has 21 heavy (non-hydrogen) atoms. The topological polar surface area (TPSA) is 24.5 Å². The molecule has 2 heterocycles. The molecule has 0 spiro atoms. The summed E-state index contributed by atoms with van der Waals surface area (Å²) in [6, 6.07) is 8.51. The third kappa shape index (κ3) is 3.98. The zero-order valence-corrected chi connectivity index (χ0v) is 13.2. The summed E-state index contributed by atoms with van der Waals surface area (Å²) in [4.78, 5) is 2.45. The van der Waals surface area contributed by atoms with Crippen molar-refractivity contribution in [3.8, 4) is 5.75 Å². The standard InChI is InChI=1S/C18H28N2O/c1-20-11-7-15(8-12-20)6-10-19-14-16-9-13-21-18-5-3-2-4-17(16)18/h2-5,15-16,19H,6-14H2,1H3. The van der Waals surface area contributed by atoms with Gasteiger partial charge in [-0.05, 0) is 69.9 Å². The van der Waals surface area contributed by atoms with Crippen LogP contribution >= 0.6 is 0 Å². The molecule has 1 aromatic carbocycles. The summed E-state index contributed by atoms with van der Waals surface area (Å²) in [6.07, 6.45) is 5.22. The lowest BCUT2D eigenvalue weighted by molar-refractivity contribution is 0.211. The Balaban J connectivity index is 1.40. The number of rotatable bonds is 5. The molecule has 1 fully saturated rings. The number of benzene rings is 1. The van der Waals surface area contributed by atoms with Crippen LogP contribution in [-0.2, 0) is 0 Å². The lowest BCUT2D eigenvalue weighted by Gasteiger charge is -2.29. The number of hydrogen-bond acceptors (Lipinski definition) is 3. The smallest absolute Gasteiger partial charge is 0.122 e. The molecule has 1 saturated heterocycles. The molecule has 0 amide bonds. The number of nitrogens with zero attached hydrogens (tertiary/aromatic N) is 1. The average Bonchev–Trinajstić information content (AvgIpc) is 2.53. The summed E-state index contributed by atoms with van der Waals surface area (Å²) in [7, 11) is 2.23. The minimum absolute atomic E-state index is 0.618. The molecule has 0 saturated carbocycles. The summed E-state index contributed by atoms with van der Waals surface area (Å²) in [5.74, 6) is 2.63. The van der Waals surface area contributed by atoms with Crippen LogP contribution < -0.4 is 10.1 Å². The maximum atomic E-state index is 5.73. The van der Waals surface area contributed by atoms with Crippen LogP contribution in [-0.4, -0.2) is 44.7 Å². The van der Waals surface area contributed by atoms with Gasteiger partial charge in [0, 0.05) is 12.5 Å². The first-order chi connectivity index (χ1) is 10.3. The highest BCUT2D eigenvalue weighted by Gasteiger charge is 2.21. The molecule has 2 aliphatic heterocycles. The first-order valence-corrected chi connectivity index (χ1v) is 8.44. The molecule has 3 rings (SSSR count). The van der Waals surface area contributed by atoms with Crippen molar-refractivity contribution in [2.24, 2.45) is 5.92 Å². The van der Waals surface area contributed by atoms with Crippen molar-refractivity contribution in [1.82, 2.24) is 10.2 Å². The van der Waals surface area contributed by atoms with Gasteiger partial charge < -0.3 is 15.0 Å². The Morgan fingerprint density at radius 1 is 1.19 bits per heavy atom. The molecule has 0 radical (unpaired) electrons. The maximum absolute atomic E-state index is 5.73. The third-order valence-corrected chi connectivity index (χ3v) is 5.04. The first-order valence-electron chi connectivity index (χ1n) is 8.44. The van der Waals surface area contributed by atoms with Crippen LogP contribution in [0.5, 0.6) is 5.75 Å². The van der Waals surface area contributed by atoms with Crippen LogP contribution in [0.3, 0.4) is 0 Å². The van der Waals surface area contributed by atoms with E-state index in [1.807, 2.05) is 0 Å². The van der Waals surface area contributed by atoms with Crippen molar-refractivity contribution in [2.75, 3.05) is 39.8 Å². The van der Waals surface area contributed by atoms with Crippen LogP contribution in [0.4, 0.5) is 0 Å². The zero-order chi connectivity index (χ0) is 14.5. The highest BCUT2D eigenvalue weighted by Crippen LogP contribution is 2.32. The van der Waals surface area contributed by atoms with Gasteiger partial charge in [-0.1, -0.05) is 18.2 Å². The second-order valence-electron chi connectivity index (χ2n) is 6.61. The van der Waals surface area contributed by atoms with E-state index in [1.165, 1.54) is 37.9 Å². The molecule has 116 valence electrons. The summed E-state index contributed by atoms with van der Waals surface area (Å²) >= 11 is 0. The molecule has 1 unspecified atom stereocenters. The summed E-state index contributed by atoms with van der Waals surface area (Å²) in [5, 5.41) is 3.69. The molecule has 0 bridgehead atoms. The number of para-hydroxylation sites is 1. The van der Waals surface area contributed by atoms with Crippen LogP contribution in [0, 0.1) is 5.92 Å². The lowest BCUT2D eigenvalue weighted by Crippen LogP contribution is -2.32. The molecule has 2 aliphatic rings. The molecule has 3 heteroatoms. The van der Waals surface area contributed by atoms with E-state index in [2.05, 4.69) is 41.5 Å². The van der Waals surface area contributed by atoms with Gasteiger partial charge in [0.1, 0.15) is 5.75 Å². The fraction of sp³-hybridized carbons (Fsp3) is 0.667. The first kappa shape index (κ1) is 14.9. The van der Waals surface area contributed by atoms with E-state index in [4.69, 9.17) is 4.74 Å². The van der Waals surface area contributed by atoms with Gasteiger partial charge in [-0.2, -0.15) is 0 Å². The van der Waals surface area contributed by atoms with E-state index in [-0.39, 0.29) is 0 Å². The Bertz CT molecular complexity index is 441. The fourth-order valence-corrected chi connectivity index (χ4v) is 3.56. The van der Waals surface area contributed by atoms with Crippen molar-refractivity contribution < 1.29 is 4.74 Å². The van der Waals surface area contributed by atoms with Crippen LogP contribution in [0.25, 0.3) is 0 Å². The predicted octanol–water partition coefficient (Wildman–Crippen LogP) is 2.87. The van der Waals surface area contributed by atoms with E-state index in [9.17, 15) is 0 Å². The van der Waals surface area contributed by atoms with Crippen molar-refractivity contribution in [3.05, 3.63) is 29.8 Å². The van der Waals surface area contributed by atoms with E-state index in [1.54, 1.807) is 0 Å². The minimum atomic E-state index is 0.618. The summed E-state index contributed by atoms with van der Waals surface area (Å²) in [6.45, 7) is 5.66.